The number of carbonyl (C=O) groups excluding carboxylic acids is 1. The molecule has 0 unspecified atom stereocenters. The zero-order chi connectivity index (χ0) is 13.9. The van der Waals surface area contributed by atoms with Gasteiger partial charge in [-0.05, 0) is 37.5 Å². The Morgan fingerprint density at radius 2 is 2.11 bits per heavy atom. The quantitative estimate of drug-likeness (QED) is 0.841. The van der Waals surface area contributed by atoms with E-state index in [4.69, 9.17) is 15.2 Å². The van der Waals surface area contributed by atoms with E-state index in [1.807, 2.05) is 0 Å². The van der Waals surface area contributed by atoms with Crippen LogP contribution in [0, 0.1) is 0 Å². The van der Waals surface area contributed by atoms with Crippen LogP contribution in [0.2, 0.25) is 0 Å². The lowest BCUT2D eigenvalue weighted by atomic mass is 9.78. The summed E-state index contributed by atoms with van der Waals surface area (Å²) in [5, 5.41) is 2.87. The molecular weight excluding hydrogens is 244 g/mol. The summed E-state index contributed by atoms with van der Waals surface area (Å²) in [6.45, 7) is 0.492. The van der Waals surface area contributed by atoms with Gasteiger partial charge in [0.1, 0.15) is 11.5 Å². The Balaban J connectivity index is 2.08. The van der Waals surface area contributed by atoms with Gasteiger partial charge < -0.3 is 20.5 Å². The van der Waals surface area contributed by atoms with Gasteiger partial charge in [-0.1, -0.05) is 0 Å². The molecular formula is C14H20N2O3. The van der Waals surface area contributed by atoms with Crippen molar-refractivity contribution in [2.24, 2.45) is 5.73 Å². The van der Waals surface area contributed by atoms with Gasteiger partial charge in [0.05, 0.1) is 19.8 Å². The van der Waals surface area contributed by atoms with Gasteiger partial charge >= 0.3 is 0 Å². The SMILES string of the molecule is COc1ccc(OC)c(C(=O)NCC2(N)CCC2)c1. The molecule has 0 saturated heterocycles. The van der Waals surface area contributed by atoms with E-state index in [-0.39, 0.29) is 11.4 Å². The largest absolute Gasteiger partial charge is 0.497 e. The second-order valence-electron chi connectivity index (χ2n) is 4.96. The van der Waals surface area contributed by atoms with Crippen molar-refractivity contribution in [3.05, 3.63) is 23.8 Å². The fourth-order valence-corrected chi connectivity index (χ4v) is 2.15. The first-order chi connectivity index (χ1) is 9.08. The van der Waals surface area contributed by atoms with Crippen LogP contribution in [-0.4, -0.2) is 32.2 Å². The topological polar surface area (TPSA) is 73.6 Å². The van der Waals surface area contributed by atoms with Crippen LogP contribution < -0.4 is 20.5 Å². The number of hydrogen-bond acceptors (Lipinski definition) is 4. The predicted octanol–water partition coefficient (Wildman–Crippen LogP) is 1.31. The maximum atomic E-state index is 12.2. The van der Waals surface area contributed by atoms with Gasteiger partial charge in [0.25, 0.3) is 5.91 Å². The normalized spacial score (nSPS) is 16.4. The summed E-state index contributed by atoms with van der Waals surface area (Å²) in [7, 11) is 3.10. The molecule has 5 nitrogen and oxygen atoms in total. The van der Waals surface area contributed by atoms with E-state index in [1.165, 1.54) is 7.11 Å². The first-order valence-electron chi connectivity index (χ1n) is 6.37. The Morgan fingerprint density at radius 3 is 2.63 bits per heavy atom. The Kier molecular flexibility index (Phi) is 3.95. The molecule has 0 spiro atoms. The Labute approximate surface area is 113 Å². The molecule has 0 aliphatic heterocycles. The van der Waals surface area contributed by atoms with Crippen LogP contribution in [-0.2, 0) is 0 Å². The molecule has 1 aromatic carbocycles. The minimum atomic E-state index is -0.234. The van der Waals surface area contributed by atoms with Crippen LogP contribution in [0.25, 0.3) is 0 Å². The monoisotopic (exact) mass is 264 g/mol. The van der Waals surface area contributed by atoms with E-state index < -0.39 is 0 Å². The summed E-state index contributed by atoms with van der Waals surface area (Å²) < 4.78 is 10.3. The molecule has 0 radical (unpaired) electrons. The summed E-state index contributed by atoms with van der Waals surface area (Å²) in [5.41, 5.74) is 6.31. The third-order valence-electron chi connectivity index (χ3n) is 3.60. The molecule has 0 aromatic heterocycles. The molecule has 0 heterocycles. The highest BCUT2D eigenvalue weighted by atomic mass is 16.5. The first-order valence-corrected chi connectivity index (χ1v) is 6.37. The molecule has 1 aliphatic rings. The molecule has 3 N–H and O–H groups in total. The van der Waals surface area contributed by atoms with E-state index in [0.717, 1.165) is 19.3 Å². The third-order valence-corrected chi connectivity index (χ3v) is 3.60. The Morgan fingerprint density at radius 1 is 1.37 bits per heavy atom. The maximum absolute atomic E-state index is 12.2. The fraction of sp³-hybridized carbons (Fsp3) is 0.500. The van der Waals surface area contributed by atoms with Crippen LogP contribution in [0.1, 0.15) is 29.6 Å². The zero-order valence-corrected chi connectivity index (χ0v) is 11.4. The van der Waals surface area contributed by atoms with Crippen molar-refractivity contribution in [1.29, 1.82) is 0 Å². The number of nitrogens with one attached hydrogen (secondary N) is 1. The van der Waals surface area contributed by atoms with Gasteiger partial charge in [-0.25, -0.2) is 0 Å². The standard InChI is InChI=1S/C14H20N2O3/c1-18-10-4-5-12(19-2)11(8-10)13(17)16-9-14(15)6-3-7-14/h4-5,8H,3,6-7,9,15H2,1-2H3,(H,16,17). The fourth-order valence-electron chi connectivity index (χ4n) is 2.15. The lowest BCUT2D eigenvalue weighted by Crippen LogP contribution is -2.54. The van der Waals surface area contributed by atoms with Crippen molar-refractivity contribution in [1.82, 2.24) is 5.32 Å². The van der Waals surface area contributed by atoms with E-state index in [1.54, 1.807) is 25.3 Å². The Hall–Kier alpha value is -1.75. The lowest BCUT2D eigenvalue weighted by molar-refractivity contribution is 0.0926. The highest BCUT2D eigenvalue weighted by Crippen LogP contribution is 2.28. The van der Waals surface area contributed by atoms with Gasteiger partial charge in [0.2, 0.25) is 0 Å². The molecule has 1 aromatic rings. The first kappa shape index (κ1) is 13.7. The number of amides is 1. The average Bonchev–Trinajstić information content (AvgIpc) is 2.41. The van der Waals surface area contributed by atoms with E-state index in [9.17, 15) is 4.79 Å². The zero-order valence-electron chi connectivity index (χ0n) is 11.4. The van der Waals surface area contributed by atoms with Crippen LogP contribution in [0.5, 0.6) is 11.5 Å². The predicted molar refractivity (Wildman–Crippen MR) is 72.6 cm³/mol. The minimum absolute atomic E-state index is 0.188. The summed E-state index contributed by atoms with van der Waals surface area (Å²) in [5.74, 6) is 0.961. The molecule has 1 aliphatic carbocycles. The number of rotatable bonds is 5. The second-order valence-corrected chi connectivity index (χ2v) is 4.96. The molecule has 1 saturated carbocycles. The number of carbonyl (C=O) groups is 1. The van der Waals surface area contributed by atoms with Crippen molar-refractivity contribution in [2.75, 3.05) is 20.8 Å². The molecule has 0 atom stereocenters. The summed E-state index contributed by atoms with van der Waals surface area (Å²) in [6.07, 6.45) is 3.06. The molecule has 2 rings (SSSR count). The van der Waals surface area contributed by atoms with Gasteiger partial charge in [-0.15, -0.1) is 0 Å². The highest BCUT2D eigenvalue weighted by Gasteiger charge is 2.32. The molecule has 1 amide bonds. The summed E-state index contributed by atoms with van der Waals surface area (Å²) in [4.78, 5) is 12.2. The molecule has 104 valence electrons. The van der Waals surface area contributed by atoms with Gasteiger partial charge in [0.15, 0.2) is 0 Å². The van der Waals surface area contributed by atoms with E-state index >= 15 is 0 Å². The number of ether oxygens (including phenoxy) is 2. The van der Waals surface area contributed by atoms with Crippen LogP contribution >= 0.6 is 0 Å². The number of nitrogens with two attached hydrogens (primary N) is 1. The lowest BCUT2D eigenvalue weighted by Gasteiger charge is -2.38. The Bertz CT molecular complexity index is 470. The van der Waals surface area contributed by atoms with Crippen LogP contribution in [0.3, 0.4) is 0 Å². The van der Waals surface area contributed by atoms with Crippen molar-refractivity contribution >= 4 is 5.91 Å². The number of hydrogen-bond donors (Lipinski definition) is 2. The third kappa shape index (κ3) is 2.98. The van der Waals surface area contributed by atoms with Crippen molar-refractivity contribution < 1.29 is 14.3 Å². The van der Waals surface area contributed by atoms with Crippen molar-refractivity contribution in [3.8, 4) is 11.5 Å². The molecule has 19 heavy (non-hydrogen) atoms. The van der Waals surface area contributed by atoms with Gasteiger partial charge in [-0.3, -0.25) is 4.79 Å². The molecule has 5 heteroatoms. The van der Waals surface area contributed by atoms with Crippen LogP contribution in [0.4, 0.5) is 0 Å². The van der Waals surface area contributed by atoms with Crippen LogP contribution in [0.15, 0.2) is 18.2 Å². The van der Waals surface area contributed by atoms with E-state index in [0.29, 0.717) is 23.6 Å². The minimum Gasteiger partial charge on any atom is -0.497 e. The average molecular weight is 264 g/mol. The molecule has 0 bridgehead atoms. The van der Waals surface area contributed by atoms with Gasteiger partial charge in [-0.2, -0.15) is 0 Å². The van der Waals surface area contributed by atoms with Crippen molar-refractivity contribution in [2.45, 2.75) is 24.8 Å². The maximum Gasteiger partial charge on any atom is 0.255 e. The molecule has 1 fully saturated rings. The smallest absolute Gasteiger partial charge is 0.255 e. The summed E-state index contributed by atoms with van der Waals surface area (Å²) >= 11 is 0. The highest BCUT2D eigenvalue weighted by molar-refractivity contribution is 5.97. The van der Waals surface area contributed by atoms with Crippen molar-refractivity contribution in [3.63, 3.8) is 0 Å². The number of methoxy groups -OCH3 is 2. The second kappa shape index (κ2) is 5.48. The number of benzene rings is 1. The summed E-state index contributed by atoms with van der Waals surface area (Å²) in [6, 6.07) is 5.14. The van der Waals surface area contributed by atoms with E-state index in [2.05, 4.69) is 5.32 Å². The van der Waals surface area contributed by atoms with Gasteiger partial charge in [0, 0.05) is 12.1 Å².